The maximum absolute atomic E-state index is 5.56. The molecule has 1 aromatic rings. The fourth-order valence-corrected chi connectivity index (χ4v) is 5.41. The third-order valence-electron chi connectivity index (χ3n) is 5.55. The first kappa shape index (κ1) is 22.8. The van der Waals surface area contributed by atoms with Crippen molar-refractivity contribution < 1.29 is 14.2 Å². The number of guanidine groups is 1. The third-order valence-corrected chi connectivity index (χ3v) is 6.78. The Morgan fingerprint density at radius 1 is 1.21 bits per heavy atom. The number of halogens is 1. The molecular weight excluding hydrogens is 503 g/mol. The number of benzene rings is 1. The second kappa shape index (κ2) is 10.9. The molecule has 1 atom stereocenters. The summed E-state index contributed by atoms with van der Waals surface area (Å²) in [5, 5.41) is 6.99. The Balaban J connectivity index is 0.00000240. The molecule has 7 nitrogen and oxygen atoms in total. The molecule has 9 heteroatoms. The summed E-state index contributed by atoms with van der Waals surface area (Å²) in [6.45, 7) is 8.47. The molecule has 0 aliphatic carbocycles. The van der Waals surface area contributed by atoms with Gasteiger partial charge in [0.15, 0.2) is 17.5 Å². The van der Waals surface area contributed by atoms with Crippen LogP contribution in [0.4, 0.5) is 0 Å². The van der Waals surface area contributed by atoms with Gasteiger partial charge in [-0.15, -0.1) is 24.0 Å². The molecule has 2 N–H and O–H groups in total. The van der Waals surface area contributed by atoms with Gasteiger partial charge < -0.3 is 24.8 Å². The first-order chi connectivity index (χ1) is 13.8. The van der Waals surface area contributed by atoms with Crippen molar-refractivity contribution in [2.45, 2.75) is 25.4 Å². The molecule has 29 heavy (non-hydrogen) atoms. The number of rotatable bonds is 6. The lowest BCUT2D eigenvalue weighted by Crippen LogP contribution is -2.60. The highest BCUT2D eigenvalue weighted by Gasteiger charge is 2.40. The first-order valence-electron chi connectivity index (χ1n) is 10.1. The van der Waals surface area contributed by atoms with Crippen LogP contribution < -0.4 is 20.1 Å². The predicted molar refractivity (Wildman–Crippen MR) is 128 cm³/mol. The molecule has 0 amide bonds. The van der Waals surface area contributed by atoms with Crippen molar-refractivity contribution in [1.29, 1.82) is 0 Å². The van der Waals surface area contributed by atoms with E-state index in [2.05, 4.69) is 34.2 Å². The average Bonchev–Trinajstić information content (AvgIpc) is 3.40. The van der Waals surface area contributed by atoms with E-state index in [0.29, 0.717) is 13.3 Å². The summed E-state index contributed by atoms with van der Waals surface area (Å²) >= 11 is 2.05. The van der Waals surface area contributed by atoms with Crippen molar-refractivity contribution in [3.63, 3.8) is 0 Å². The summed E-state index contributed by atoms with van der Waals surface area (Å²) in [7, 11) is 0. The van der Waals surface area contributed by atoms with Crippen LogP contribution in [0.15, 0.2) is 23.2 Å². The Morgan fingerprint density at radius 2 is 2.03 bits per heavy atom. The molecule has 0 aromatic heterocycles. The highest BCUT2D eigenvalue weighted by molar-refractivity contribution is 14.0. The van der Waals surface area contributed by atoms with Gasteiger partial charge in [0.25, 0.3) is 0 Å². The Bertz CT molecular complexity index is 694. The normalized spacial score (nSPS) is 24.2. The number of hydrogen-bond donors (Lipinski definition) is 2. The van der Waals surface area contributed by atoms with Gasteiger partial charge in [0.2, 0.25) is 6.79 Å². The van der Waals surface area contributed by atoms with Gasteiger partial charge in [0, 0.05) is 37.5 Å². The fraction of sp³-hybridized carbons (Fsp3) is 0.650. The topological polar surface area (TPSA) is 67.4 Å². The highest BCUT2D eigenvalue weighted by atomic mass is 127. The number of thioether (sulfide) groups is 1. The van der Waals surface area contributed by atoms with E-state index in [4.69, 9.17) is 19.2 Å². The Hall–Kier alpha value is -0.910. The minimum Gasteiger partial charge on any atom is -0.454 e. The standard InChI is InChI=1S/C20H30N4O3S.HI/c1-2-21-19(22-12-16-3-4-17-18(11-16)27-15-26-17)23-13-20(5-10-28-14-20)24-6-8-25-9-7-24;/h3-4,11H,2,5-10,12-15H2,1H3,(H2,21,22,23);1H. The second-order valence-corrected chi connectivity index (χ2v) is 8.47. The molecule has 0 bridgehead atoms. The quantitative estimate of drug-likeness (QED) is 0.330. The number of aliphatic imine (C=N–C) groups is 1. The van der Waals surface area contributed by atoms with E-state index in [1.165, 1.54) is 17.9 Å². The molecule has 4 rings (SSSR count). The zero-order valence-electron chi connectivity index (χ0n) is 16.9. The number of fused-ring (bicyclic) bond motifs is 1. The van der Waals surface area contributed by atoms with Crippen LogP contribution in [-0.4, -0.2) is 74.1 Å². The van der Waals surface area contributed by atoms with Gasteiger partial charge >= 0.3 is 0 Å². The van der Waals surface area contributed by atoms with Crippen LogP contribution in [-0.2, 0) is 11.3 Å². The molecule has 3 heterocycles. The Kier molecular flexibility index (Phi) is 8.57. The van der Waals surface area contributed by atoms with Crippen molar-refractivity contribution in [2.75, 3.05) is 57.7 Å². The van der Waals surface area contributed by atoms with E-state index in [9.17, 15) is 0 Å². The molecule has 162 valence electrons. The summed E-state index contributed by atoms with van der Waals surface area (Å²) in [4.78, 5) is 7.41. The number of ether oxygens (including phenoxy) is 3. The highest BCUT2D eigenvalue weighted by Crippen LogP contribution is 2.34. The average molecular weight is 534 g/mol. The van der Waals surface area contributed by atoms with Crippen LogP contribution in [0.2, 0.25) is 0 Å². The van der Waals surface area contributed by atoms with Crippen molar-refractivity contribution in [3.05, 3.63) is 23.8 Å². The Labute approximate surface area is 194 Å². The van der Waals surface area contributed by atoms with Crippen molar-refractivity contribution in [3.8, 4) is 11.5 Å². The molecule has 2 saturated heterocycles. The summed E-state index contributed by atoms with van der Waals surface area (Å²) in [6.07, 6.45) is 1.21. The zero-order chi connectivity index (χ0) is 19.2. The molecule has 3 aliphatic rings. The summed E-state index contributed by atoms with van der Waals surface area (Å²) < 4.78 is 16.4. The number of nitrogens with zero attached hydrogens (tertiary/aromatic N) is 2. The molecule has 1 unspecified atom stereocenters. The van der Waals surface area contributed by atoms with E-state index in [1.807, 2.05) is 18.2 Å². The van der Waals surface area contributed by atoms with Gasteiger partial charge in [-0.2, -0.15) is 11.8 Å². The van der Waals surface area contributed by atoms with Crippen molar-refractivity contribution >= 4 is 41.7 Å². The first-order valence-corrected chi connectivity index (χ1v) is 11.3. The Morgan fingerprint density at radius 3 is 2.79 bits per heavy atom. The second-order valence-electron chi connectivity index (χ2n) is 7.36. The van der Waals surface area contributed by atoms with Gasteiger partial charge in [0.05, 0.1) is 19.8 Å². The van der Waals surface area contributed by atoms with Gasteiger partial charge in [-0.05, 0) is 36.8 Å². The maximum Gasteiger partial charge on any atom is 0.231 e. The van der Waals surface area contributed by atoms with Gasteiger partial charge in [-0.3, -0.25) is 4.90 Å². The minimum absolute atomic E-state index is 0. The number of hydrogen-bond acceptors (Lipinski definition) is 6. The molecule has 1 aromatic carbocycles. The predicted octanol–water partition coefficient (Wildman–Crippen LogP) is 2.30. The lowest BCUT2D eigenvalue weighted by Gasteiger charge is -2.43. The molecule has 0 saturated carbocycles. The van der Waals surface area contributed by atoms with Crippen LogP contribution in [0.1, 0.15) is 18.9 Å². The van der Waals surface area contributed by atoms with Gasteiger partial charge in [0.1, 0.15) is 0 Å². The van der Waals surface area contributed by atoms with Crippen LogP contribution in [0.25, 0.3) is 0 Å². The lowest BCUT2D eigenvalue weighted by molar-refractivity contribution is -0.0120. The van der Waals surface area contributed by atoms with Crippen LogP contribution in [0.3, 0.4) is 0 Å². The molecule has 0 radical (unpaired) electrons. The molecule has 3 aliphatic heterocycles. The summed E-state index contributed by atoms with van der Waals surface area (Å²) in [5.41, 5.74) is 1.31. The van der Waals surface area contributed by atoms with Gasteiger partial charge in [-0.25, -0.2) is 4.99 Å². The molecule has 0 spiro atoms. The van der Waals surface area contributed by atoms with E-state index < -0.39 is 0 Å². The SMILES string of the molecule is CCNC(=NCc1ccc2c(c1)OCO2)NCC1(N2CCOCC2)CCSC1.I. The van der Waals surface area contributed by atoms with Gasteiger partial charge in [-0.1, -0.05) is 6.07 Å². The van der Waals surface area contributed by atoms with E-state index in [0.717, 1.165) is 62.4 Å². The van der Waals surface area contributed by atoms with Crippen molar-refractivity contribution in [2.24, 2.45) is 4.99 Å². The zero-order valence-corrected chi connectivity index (χ0v) is 20.1. The summed E-state index contributed by atoms with van der Waals surface area (Å²) in [6, 6.07) is 6.01. The molecule has 2 fully saturated rings. The maximum atomic E-state index is 5.56. The van der Waals surface area contributed by atoms with E-state index in [-0.39, 0.29) is 29.5 Å². The number of morpholine rings is 1. The van der Waals surface area contributed by atoms with E-state index in [1.54, 1.807) is 0 Å². The lowest BCUT2D eigenvalue weighted by atomic mass is 9.95. The van der Waals surface area contributed by atoms with Crippen LogP contribution >= 0.6 is 35.7 Å². The number of nitrogens with one attached hydrogen (secondary N) is 2. The van der Waals surface area contributed by atoms with Crippen LogP contribution in [0.5, 0.6) is 11.5 Å². The summed E-state index contributed by atoms with van der Waals surface area (Å²) in [5.74, 6) is 4.87. The fourth-order valence-electron chi connectivity index (χ4n) is 3.93. The van der Waals surface area contributed by atoms with Crippen LogP contribution in [0, 0.1) is 0 Å². The largest absolute Gasteiger partial charge is 0.454 e. The van der Waals surface area contributed by atoms with E-state index >= 15 is 0 Å². The molecular formula is C20H31IN4O3S. The minimum atomic E-state index is 0. The smallest absolute Gasteiger partial charge is 0.231 e. The van der Waals surface area contributed by atoms with Crippen molar-refractivity contribution in [1.82, 2.24) is 15.5 Å². The monoisotopic (exact) mass is 534 g/mol. The third kappa shape index (κ3) is 5.62.